The Bertz CT molecular complexity index is 788. The Morgan fingerprint density at radius 2 is 2.17 bits per heavy atom. The van der Waals surface area contributed by atoms with E-state index in [1.54, 1.807) is 0 Å². The number of aromatic nitrogens is 1. The summed E-state index contributed by atoms with van der Waals surface area (Å²) in [5.41, 5.74) is 0.780. The summed E-state index contributed by atoms with van der Waals surface area (Å²) in [5, 5.41) is 9.97. The molecule has 2 aromatic heterocycles. The van der Waals surface area contributed by atoms with Crippen LogP contribution in [0.1, 0.15) is 42.0 Å². The molecule has 3 aromatic rings. The molecular formula is C17H18N2O4. The number of hydrogen-bond donors (Lipinski definition) is 1. The topological polar surface area (TPSA) is 79.7 Å². The molecule has 6 nitrogen and oxygen atoms in total. The molecule has 1 unspecified atom stereocenters. The lowest BCUT2D eigenvalue weighted by molar-refractivity contribution is 0.0690. The maximum Gasteiger partial charge on any atom is 0.357 e. The molecule has 120 valence electrons. The summed E-state index contributed by atoms with van der Waals surface area (Å²) in [7, 11) is 0. The summed E-state index contributed by atoms with van der Waals surface area (Å²) in [4.78, 5) is 17.0. The quantitative estimate of drug-likeness (QED) is 0.747. The van der Waals surface area contributed by atoms with Crippen molar-refractivity contribution >= 4 is 16.9 Å². The number of oxazole rings is 1. The predicted octanol–water partition coefficient (Wildman–Crippen LogP) is 3.70. The number of rotatable bonds is 6. The smallest absolute Gasteiger partial charge is 0.357 e. The Labute approximate surface area is 133 Å². The molecule has 3 rings (SSSR count). The van der Waals surface area contributed by atoms with Gasteiger partial charge in [-0.15, -0.1) is 0 Å². The van der Waals surface area contributed by atoms with Crippen LogP contribution in [0.25, 0.3) is 11.0 Å². The summed E-state index contributed by atoms with van der Waals surface area (Å²) in [6.07, 6.45) is 1.16. The predicted molar refractivity (Wildman–Crippen MR) is 84.2 cm³/mol. The molecule has 0 fully saturated rings. The van der Waals surface area contributed by atoms with Crippen LogP contribution in [0.2, 0.25) is 0 Å². The van der Waals surface area contributed by atoms with Crippen LogP contribution in [0.4, 0.5) is 0 Å². The first-order valence-electron chi connectivity index (χ1n) is 7.48. The van der Waals surface area contributed by atoms with Crippen LogP contribution in [0, 0.1) is 0 Å². The van der Waals surface area contributed by atoms with E-state index in [1.165, 1.54) is 0 Å². The highest BCUT2D eigenvalue weighted by atomic mass is 16.4. The van der Waals surface area contributed by atoms with Crippen molar-refractivity contribution in [2.45, 2.75) is 26.4 Å². The van der Waals surface area contributed by atoms with Crippen LogP contribution < -0.4 is 0 Å². The van der Waals surface area contributed by atoms with E-state index in [0.29, 0.717) is 12.4 Å². The zero-order valence-corrected chi connectivity index (χ0v) is 13.0. The van der Waals surface area contributed by atoms with Crippen molar-refractivity contribution < 1.29 is 18.7 Å². The van der Waals surface area contributed by atoms with Crippen LogP contribution in [-0.4, -0.2) is 27.5 Å². The third-order valence-corrected chi connectivity index (χ3v) is 3.92. The molecule has 0 aliphatic carbocycles. The molecule has 0 aliphatic rings. The lowest BCUT2D eigenvalue weighted by Crippen LogP contribution is -2.26. The fourth-order valence-corrected chi connectivity index (χ4v) is 2.57. The standard InChI is InChI=1S/C17H18N2O4/c1-3-19(9-16-18-13(10-22-16)17(20)21)11(2)15-8-12-6-4-5-7-14(12)23-15/h4-8,10-11H,3,9H2,1-2H3,(H,20,21). The third kappa shape index (κ3) is 3.12. The fraction of sp³-hybridized carbons (Fsp3) is 0.294. The van der Waals surface area contributed by atoms with Gasteiger partial charge in [0.2, 0.25) is 5.89 Å². The second kappa shape index (κ2) is 6.26. The number of benzene rings is 1. The van der Waals surface area contributed by atoms with Crippen molar-refractivity contribution in [3.05, 3.63) is 53.9 Å². The number of nitrogens with zero attached hydrogens (tertiary/aromatic N) is 2. The lowest BCUT2D eigenvalue weighted by Gasteiger charge is -2.24. The lowest BCUT2D eigenvalue weighted by atomic mass is 10.2. The van der Waals surface area contributed by atoms with Gasteiger partial charge in [-0.3, -0.25) is 4.90 Å². The van der Waals surface area contributed by atoms with E-state index in [4.69, 9.17) is 13.9 Å². The fourth-order valence-electron chi connectivity index (χ4n) is 2.57. The highest BCUT2D eigenvalue weighted by Crippen LogP contribution is 2.28. The van der Waals surface area contributed by atoms with Gasteiger partial charge in [0.1, 0.15) is 17.6 Å². The molecule has 23 heavy (non-hydrogen) atoms. The number of aromatic carboxylic acids is 1. The first-order valence-corrected chi connectivity index (χ1v) is 7.48. The largest absolute Gasteiger partial charge is 0.476 e. The second-order valence-corrected chi connectivity index (χ2v) is 5.36. The zero-order valence-electron chi connectivity index (χ0n) is 13.0. The number of fused-ring (bicyclic) bond motifs is 1. The number of carboxylic acid groups (broad SMARTS) is 1. The van der Waals surface area contributed by atoms with Crippen molar-refractivity contribution in [3.63, 3.8) is 0 Å². The number of carbonyl (C=O) groups is 1. The zero-order chi connectivity index (χ0) is 16.4. The van der Waals surface area contributed by atoms with E-state index < -0.39 is 5.97 Å². The van der Waals surface area contributed by atoms with Gasteiger partial charge in [0.15, 0.2) is 5.69 Å². The molecule has 0 spiro atoms. The summed E-state index contributed by atoms with van der Waals surface area (Å²) in [6, 6.07) is 9.92. The van der Waals surface area contributed by atoms with Gasteiger partial charge in [-0.25, -0.2) is 9.78 Å². The second-order valence-electron chi connectivity index (χ2n) is 5.36. The van der Waals surface area contributed by atoms with Gasteiger partial charge in [0.25, 0.3) is 0 Å². The molecule has 0 saturated carbocycles. The van der Waals surface area contributed by atoms with Crippen LogP contribution in [-0.2, 0) is 6.54 Å². The minimum absolute atomic E-state index is 0.0209. The van der Waals surface area contributed by atoms with Gasteiger partial charge < -0.3 is 13.9 Å². The molecule has 0 radical (unpaired) electrons. The Morgan fingerprint density at radius 3 is 2.83 bits per heavy atom. The SMILES string of the molecule is CCN(Cc1nc(C(=O)O)co1)C(C)c1cc2ccccc2o1. The first-order chi connectivity index (χ1) is 11.1. The van der Waals surface area contributed by atoms with E-state index in [0.717, 1.165) is 29.5 Å². The molecular weight excluding hydrogens is 296 g/mol. The van der Waals surface area contributed by atoms with Crippen molar-refractivity contribution in [2.75, 3.05) is 6.54 Å². The molecule has 1 atom stereocenters. The van der Waals surface area contributed by atoms with Crippen molar-refractivity contribution in [3.8, 4) is 0 Å². The van der Waals surface area contributed by atoms with Gasteiger partial charge >= 0.3 is 5.97 Å². The molecule has 0 bridgehead atoms. The summed E-state index contributed by atoms with van der Waals surface area (Å²) >= 11 is 0. The van der Waals surface area contributed by atoms with Crippen molar-refractivity contribution in [1.82, 2.24) is 9.88 Å². The molecule has 0 amide bonds. The monoisotopic (exact) mass is 314 g/mol. The van der Waals surface area contributed by atoms with Crippen LogP contribution >= 0.6 is 0 Å². The minimum Gasteiger partial charge on any atom is -0.476 e. The third-order valence-electron chi connectivity index (χ3n) is 3.92. The van der Waals surface area contributed by atoms with E-state index in [9.17, 15) is 4.79 Å². The van der Waals surface area contributed by atoms with Crippen LogP contribution in [0.15, 0.2) is 45.4 Å². The first kappa shape index (κ1) is 15.3. The Balaban J connectivity index is 1.79. The summed E-state index contributed by atoms with van der Waals surface area (Å²) in [6.45, 7) is 5.24. The number of furan rings is 1. The van der Waals surface area contributed by atoms with Gasteiger partial charge in [-0.05, 0) is 25.6 Å². The average Bonchev–Trinajstić information content (AvgIpc) is 3.18. The molecule has 6 heteroatoms. The molecule has 2 heterocycles. The van der Waals surface area contributed by atoms with Crippen molar-refractivity contribution in [2.24, 2.45) is 0 Å². The summed E-state index contributed by atoms with van der Waals surface area (Å²) < 4.78 is 11.1. The van der Waals surface area contributed by atoms with E-state index in [2.05, 4.69) is 9.88 Å². The molecule has 0 aliphatic heterocycles. The Morgan fingerprint density at radius 1 is 1.39 bits per heavy atom. The highest BCUT2D eigenvalue weighted by molar-refractivity contribution is 5.84. The molecule has 1 aromatic carbocycles. The number of para-hydroxylation sites is 1. The molecule has 1 N–H and O–H groups in total. The van der Waals surface area contributed by atoms with Crippen LogP contribution in [0.5, 0.6) is 0 Å². The molecule has 0 saturated heterocycles. The van der Waals surface area contributed by atoms with Crippen LogP contribution in [0.3, 0.4) is 0 Å². The van der Waals surface area contributed by atoms with E-state index in [1.807, 2.05) is 44.2 Å². The Hall–Kier alpha value is -2.60. The Kier molecular flexibility index (Phi) is 4.16. The normalized spacial score (nSPS) is 12.8. The minimum atomic E-state index is -1.09. The average molecular weight is 314 g/mol. The van der Waals surface area contributed by atoms with E-state index >= 15 is 0 Å². The van der Waals surface area contributed by atoms with Gasteiger partial charge in [0.05, 0.1) is 12.6 Å². The number of carboxylic acids is 1. The highest BCUT2D eigenvalue weighted by Gasteiger charge is 2.21. The van der Waals surface area contributed by atoms with Crippen molar-refractivity contribution in [1.29, 1.82) is 0 Å². The van der Waals surface area contributed by atoms with Gasteiger partial charge in [0, 0.05) is 5.39 Å². The summed E-state index contributed by atoms with van der Waals surface area (Å²) in [5.74, 6) is 0.152. The maximum absolute atomic E-state index is 10.9. The maximum atomic E-state index is 10.9. The van der Waals surface area contributed by atoms with Gasteiger partial charge in [-0.2, -0.15) is 0 Å². The van der Waals surface area contributed by atoms with Gasteiger partial charge in [-0.1, -0.05) is 25.1 Å². The number of hydrogen-bond acceptors (Lipinski definition) is 5. The van der Waals surface area contributed by atoms with E-state index in [-0.39, 0.29) is 11.7 Å².